The predicted octanol–water partition coefficient (Wildman–Crippen LogP) is 6.01. The van der Waals surface area contributed by atoms with Crippen LogP contribution < -0.4 is 14.8 Å². The van der Waals surface area contributed by atoms with Gasteiger partial charge in [0.1, 0.15) is 38.8 Å². The maximum atomic E-state index is 11.5. The number of aryl methyl sites for hydroxylation is 3. The van der Waals surface area contributed by atoms with Crippen molar-refractivity contribution in [1.29, 1.82) is 0 Å². The zero-order valence-corrected chi connectivity index (χ0v) is 26.9. The average Bonchev–Trinajstić information content (AvgIpc) is 3.42. The Morgan fingerprint density at radius 3 is 2.57 bits per heavy atom. The molecule has 1 aliphatic heterocycles. The van der Waals surface area contributed by atoms with E-state index < -0.39 is 9.84 Å². The fourth-order valence-electron chi connectivity index (χ4n) is 5.32. The zero-order valence-electron chi connectivity index (χ0n) is 26.1. The fourth-order valence-corrected chi connectivity index (χ4v) is 5.91. The van der Waals surface area contributed by atoms with E-state index in [1.807, 2.05) is 50.2 Å². The van der Waals surface area contributed by atoms with Crippen molar-refractivity contribution in [3.8, 4) is 34.2 Å². The molecule has 0 aliphatic carbocycles. The topological polar surface area (TPSA) is 120 Å². The molecule has 3 heterocycles. The summed E-state index contributed by atoms with van der Waals surface area (Å²) in [5.41, 5.74) is 5.16. The number of oxazole rings is 1. The minimum Gasteiger partial charge on any atom is -0.497 e. The molecular weight excluding hydrogens is 578 g/mol. The van der Waals surface area contributed by atoms with E-state index in [9.17, 15) is 8.42 Å². The Hall–Kier alpha value is -3.96. The molecule has 1 saturated heterocycles. The number of rotatable bonds is 12. The van der Waals surface area contributed by atoms with Crippen LogP contribution >= 0.6 is 0 Å². The summed E-state index contributed by atoms with van der Waals surface area (Å²) in [6.45, 7) is 8.38. The first-order valence-corrected chi connectivity index (χ1v) is 17.1. The molecule has 44 heavy (non-hydrogen) atoms. The lowest BCUT2D eigenvalue weighted by molar-refractivity contribution is 0.103. The molecule has 1 fully saturated rings. The Balaban J connectivity index is 1.29. The molecule has 0 unspecified atom stereocenters. The minimum absolute atomic E-state index is 0.101. The van der Waals surface area contributed by atoms with E-state index in [0.29, 0.717) is 29.8 Å². The Labute approximate surface area is 259 Å². The third-order valence-electron chi connectivity index (χ3n) is 7.62. The lowest BCUT2D eigenvalue weighted by Crippen LogP contribution is -2.40. The molecule has 1 aliphatic rings. The summed E-state index contributed by atoms with van der Waals surface area (Å²) >= 11 is 0. The number of ether oxygens (including phenoxy) is 2. The monoisotopic (exact) mass is 619 g/mol. The van der Waals surface area contributed by atoms with E-state index in [1.165, 1.54) is 6.26 Å². The number of nitrogens with one attached hydrogen (secondary N) is 1. The van der Waals surface area contributed by atoms with Crippen LogP contribution in [0.25, 0.3) is 22.7 Å². The summed E-state index contributed by atoms with van der Waals surface area (Å²) < 4.78 is 41.0. The second kappa shape index (κ2) is 13.8. The van der Waals surface area contributed by atoms with Crippen LogP contribution in [0, 0.1) is 13.8 Å². The molecule has 0 amide bonds. The largest absolute Gasteiger partial charge is 0.497 e. The van der Waals surface area contributed by atoms with Crippen molar-refractivity contribution in [3.05, 3.63) is 65.7 Å². The van der Waals surface area contributed by atoms with Crippen LogP contribution in [0.4, 0.5) is 11.6 Å². The summed E-state index contributed by atoms with van der Waals surface area (Å²) in [7, 11) is -1.30. The number of benzene rings is 2. The molecule has 0 saturated carbocycles. The van der Waals surface area contributed by atoms with E-state index in [-0.39, 0.29) is 11.9 Å². The Kier molecular flexibility index (Phi) is 9.85. The first kappa shape index (κ1) is 31.5. The highest BCUT2D eigenvalue weighted by Gasteiger charge is 2.22. The average molecular weight is 620 g/mol. The fraction of sp³-hybridized carbons (Fsp3) is 0.424. The summed E-state index contributed by atoms with van der Waals surface area (Å²) in [6, 6.07) is 13.8. The van der Waals surface area contributed by atoms with Gasteiger partial charge in [-0.2, -0.15) is 0 Å². The molecule has 2 aromatic heterocycles. The molecule has 11 heteroatoms. The maximum Gasteiger partial charge on any atom is 0.227 e. The van der Waals surface area contributed by atoms with Crippen molar-refractivity contribution < 1.29 is 22.3 Å². The van der Waals surface area contributed by atoms with E-state index in [0.717, 1.165) is 78.3 Å². The lowest BCUT2D eigenvalue weighted by Gasteiger charge is -2.32. The second-order valence-corrected chi connectivity index (χ2v) is 13.7. The summed E-state index contributed by atoms with van der Waals surface area (Å²) in [5.74, 6) is 3.49. The number of nitrogens with zero attached hydrogens (tertiary/aromatic N) is 4. The SMILES string of the molecule is CCCc1nc(-c2cc(C)cc(OC)c2)c(-c2ccnc(Nc3ccc(OC4CCN(CCS(C)(=O)=O)CC4)c(C)c3)n2)o1. The zero-order chi connectivity index (χ0) is 31.3. The maximum absolute atomic E-state index is 11.5. The van der Waals surface area contributed by atoms with Gasteiger partial charge in [-0.05, 0) is 86.7 Å². The number of aromatic nitrogens is 3. The third kappa shape index (κ3) is 8.15. The number of piperidine rings is 1. The minimum atomic E-state index is -2.95. The van der Waals surface area contributed by atoms with Gasteiger partial charge < -0.3 is 24.1 Å². The Morgan fingerprint density at radius 1 is 1.07 bits per heavy atom. The van der Waals surface area contributed by atoms with Gasteiger partial charge in [0.25, 0.3) is 0 Å². The number of sulfone groups is 1. The van der Waals surface area contributed by atoms with Gasteiger partial charge >= 0.3 is 0 Å². The molecule has 234 valence electrons. The smallest absolute Gasteiger partial charge is 0.227 e. The molecule has 0 spiro atoms. The van der Waals surface area contributed by atoms with Gasteiger partial charge in [-0.1, -0.05) is 6.92 Å². The quantitative estimate of drug-likeness (QED) is 0.202. The van der Waals surface area contributed by atoms with Crippen molar-refractivity contribution in [3.63, 3.8) is 0 Å². The number of likely N-dealkylation sites (tertiary alicyclic amines) is 1. The van der Waals surface area contributed by atoms with Crippen LogP contribution in [0.3, 0.4) is 0 Å². The Morgan fingerprint density at radius 2 is 1.86 bits per heavy atom. The van der Waals surface area contributed by atoms with E-state index in [1.54, 1.807) is 13.3 Å². The molecule has 1 N–H and O–H groups in total. The third-order valence-corrected chi connectivity index (χ3v) is 8.55. The van der Waals surface area contributed by atoms with Crippen LogP contribution in [0.15, 0.2) is 53.1 Å². The molecule has 2 aromatic carbocycles. The van der Waals surface area contributed by atoms with Crippen molar-refractivity contribution in [1.82, 2.24) is 19.9 Å². The van der Waals surface area contributed by atoms with Crippen molar-refractivity contribution >= 4 is 21.5 Å². The van der Waals surface area contributed by atoms with Gasteiger partial charge in [-0.25, -0.2) is 23.4 Å². The van der Waals surface area contributed by atoms with Gasteiger partial charge in [-0.15, -0.1) is 0 Å². The number of hydrogen-bond acceptors (Lipinski definition) is 10. The highest BCUT2D eigenvalue weighted by atomic mass is 32.2. The summed E-state index contributed by atoms with van der Waals surface area (Å²) in [4.78, 5) is 16.3. The van der Waals surface area contributed by atoms with Gasteiger partial charge in [0.15, 0.2) is 11.7 Å². The number of hydrogen-bond donors (Lipinski definition) is 1. The van der Waals surface area contributed by atoms with Crippen LogP contribution in [0.5, 0.6) is 11.5 Å². The van der Waals surface area contributed by atoms with Gasteiger partial charge in [0.2, 0.25) is 5.95 Å². The number of methoxy groups -OCH3 is 1. The van der Waals surface area contributed by atoms with E-state index in [2.05, 4.69) is 28.2 Å². The van der Waals surface area contributed by atoms with Crippen LogP contribution in [0.1, 0.15) is 43.2 Å². The lowest BCUT2D eigenvalue weighted by atomic mass is 10.1. The summed E-state index contributed by atoms with van der Waals surface area (Å²) in [6.07, 6.45) is 6.46. The van der Waals surface area contributed by atoms with E-state index in [4.69, 9.17) is 23.9 Å². The first-order valence-electron chi connectivity index (χ1n) is 15.0. The number of anilines is 2. The van der Waals surface area contributed by atoms with Crippen LogP contribution in [-0.4, -0.2) is 73.1 Å². The molecule has 0 radical (unpaired) electrons. The molecular formula is C33H41N5O5S. The van der Waals surface area contributed by atoms with Crippen molar-refractivity contribution in [2.24, 2.45) is 0 Å². The molecule has 0 atom stereocenters. The van der Waals surface area contributed by atoms with Gasteiger partial charge in [-0.3, -0.25) is 0 Å². The highest BCUT2D eigenvalue weighted by molar-refractivity contribution is 7.90. The normalized spacial score (nSPS) is 14.5. The molecule has 10 nitrogen and oxygen atoms in total. The Bertz CT molecular complexity index is 1700. The molecule has 0 bridgehead atoms. The van der Waals surface area contributed by atoms with Crippen LogP contribution in [0.2, 0.25) is 0 Å². The van der Waals surface area contributed by atoms with Gasteiger partial charge in [0.05, 0.1) is 12.9 Å². The van der Waals surface area contributed by atoms with Crippen LogP contribution in [-0.2, 0) is 16.3 Å². The predicted molar refractivity (Wildman–Crippen MR) is 173 cm³/mol. The standard InChI is InChI=1S/C33H41N5O5S/c1-6-7-30-37-31(24-18-22(2)19-27(21-24)41-4)32(43-30)28-10-13-34-33(36-28)35-25-8-9-29(23(3)20-25)42-26-11-14-38(15-12-26)16-17-44(5,39)40/h8-10,13,18-21,26H,6-7,11-12,14-17H2,1-5H3,(H,34,35,36). The van der Waals surface area contributed by atoms with Gasteiger partial charge in [0, 0.05) is 49.8 Å². The highest BCUT2D eigenvalue weighted by Crippen LogP contribution is 2.35. The van der Waals surface area contributed by atoms with Crippen molar-refractivity contribution in [2.45, 2.75) is 52.6 Å². The summed E-state index contributed by atoms with van der Waals surface area (Å²) in [5, 5.41) is 3.32. The second-order valence-electron chi connectivity index (χ2n) is 11.4. The van der Waals surface area contributed by atoms with Crippen molar-refractivity contribution in [2.75, 3.05) is 44.1 Å². The first-order chi connectivity index (χ1) is 21.1. The van der Waals surface area contributed by atoms with E-state index >= 15 is 0 Å². The molecule has 5 rings (SSSR count). The molecule has 4 aromatic rings.